The Labute approximate surface area is 166 Å². The molecule has 0 unspecified atom stereocenters. The van der Waals surface area contributed by atoms with Crippen LogP contribution in [0.25, 0.3) is 0 Å². The number of primary sulfonamides is 1. The number of carbonyl (C=O) groups excluding carboxylic acids is 1. The maximum atomic E-state index is 11.8. The smallest absolute Gasteiger partial charge is 0.409 e. The predicted molar refractivity (Wildman–Crippen MR) is 107 cm³/mol. The summed E-state index contributed by atoms with van der Waals surface area (Å²) in [5, 5.41) is 11.7. The van der Waals surface area contributed by atoms with Crippen molar-refractivity contribution in [2.24, 2.45) is 10.1 Å². The van der Waals surface area contributed by atoms with Crippen LogP contribution in [-0.4, -0.2) is 57.7 Å². The minimum absolute atomic E-state index is 0.0821. The first-order chi connectivity index (χ1) is 13.3. The topological polar surface area (TPSA) is 126 Å². The van der Waals surface area contributed by atoms with Crippen molar-refractivity contribution in [2.45, 2.75) is 44.2 Å². The number of nitrogens with one attached hydrogen (secondary N) is 2. The number of rotatable bonds is 6. The monoisotopic (exact) mass is 411 g/mol. The first-order valence-electron chi connectivity index (χ1n) is 9.41. The lowest BCUT2D eigenvalue weighted by Gasteiger charge is -2.32. The Bertz CT molecular complexity index is 772. The molecule has 9 nitrogen and oxygen atoms in total. The highest BCUT2D eigenvalue weighted by molar-refractivity contribution is 7.89. The number of hydrogen-bond donors (Lipinski definition) is 3. The molecule has 1 saturated heterocycles. The van der Waals surface area contributed by atoms with Gasteiger partial charge in [0.2, 0.25) is 10.0 Å². The van der Waals surface area contributed by atoms with Crippen molar-refractivity contribution in [2.75, 3.05) is 26.2 Å². The summed E-state index contributed by atoms with van der Waals surface area (Å²) in [5.41, 5.74) is 0.877. The molecule has 0 aromatic heterocycles. The molecule has 28 heavy (non-hydrogen) atoms. The van der Waals surface area contributed by atoms with Gasteiger partial charge in [-0.05, 0) is 44.4 Å². The molecule has 1 aromatic rings. The lowest BCUT2D eigenvalue weighted by Crippen LogP contribution is -2.49. The van der Waals surface area contributed by atoms with Gasteiger partial charge in [0.1, 0.15) is 0 Å². The number of hydrogen-bond acceptors (Lipinski definition) is 5. The third kappa shape index (κ3) is 6.68. The van der Waals surface area contributed by atoms with Gasteiger partial charge in [0.25, 0.3) is 0 Å². The summed E-state index contributed by atoms with van der Waals surface area (Å²) in [5.74, 6) is 0.688. The lowest BCUT2D eigenvalue weighted by molar-refractivity contribution is 0.0963. The molecular weight excluding hydrogens is 382 g/mol. The second kappa shape index (κ2) is 10.3. The fourth-order valence-corrected chi connectivity index (χ4v) is 3.40. The van der Waals surface area contributed by atoms with Crippen LogP contribution >= 0.6 is 0 Å². The van der Waals surface area contributed by atoms with Gasteiger partial charge in [-0.3, -0.25) is 0 Å². The van der Waals surface area contributed by atoms with Gasteiger partial charge >= 0.3 is 6.09 Å². The zero-order valence-corrected chi connectivity index (χ0v) is 17.2. The second-order valence-electron chi connectivity index (χ2n) is 6.49. The Balaban J connectivity index is 1.91. The summed E-state index contributed by atoms with van der Waals surface area (Å²) in [6, 6.07) is 6.57. The average molecular weight is 412 g/mol. The lowest BCUT2D eigenvalue weighted by atomic mass is 10.1. The highest BCUT2D eigenvalue weighted by atomic mass is 32.2. The van der Waals surface area contributed by atoms with E-state index in [0.717, 1.165) is 24.9 Å². The molecule has 0 bridgehead atoms. The molecule has 1 fully saturated rings. The molecule has 1 aromatic carbocycles. The van der Waals surface area contributed by atoms with Gasteiger partial charge in [-0.15, -0.1) is 0 Å². The van der Waals surface area contributed by atoms with Crippen LogP contribution in [0.3, 0.4) is 0 Å². The largest absolute Gasteiger partial charge is 0.450 e. The number of piperidine rings is 1. The van der Waals surface area contributed by atoms with E-state index >= 15 is 0 Å². The van der Waals surface area contributed by atoms with E-state index in [2.05, 4.69) is 15.6 Å². The van der Waals surface area contributed by atoms with Crippen molar-refractivity contribution >= 4 is 22.1 Å². The molecule has 1 amide bonds. The predicted octanol–water partition coefficient (Wildman–Crippen LogP) is 1.01. The second-order valence-corrected chi connectivity index (χ2v) is 8.05. The summed E-state index contributed by atoms with van der Waals surface area (Å²) in [6.45, 7) is 6.58. The third-order valence-corrected chi connectivity index (χ3v) is 5.31. The van der Waals surface area contributed by atoms with Crippen LogP contribution in [0, 0.1) is 0 Å². The minimum atomic E-state index is -3.69. The molecule has 4 N–H and O–H groups in total. The summed E-state index contributed by atoms with van der Waals surface area (Å²) in [6.07, 6.45) is 1.36. The third-order valence-electron chi connectivity index (χ3n) is 4.38. The average Bonchev–Trinajstić information content (AvgIpc) is 2.66. The van der Waals surface area contributed by atoms with Crippen molar-refractivity contribution in [3.05, 3.63) is 29.8 Å². The van der Waals surface area contributed by atoms with Crippen LogP contribution in [0.5, 0.6) is 0 Å². The van der Waals surface area contributed by atoms with Crippen molar-refractivity contribution in [1.82, 2.24) is 15.5 Å². The van der Waals surface area contributed by atoms with E-state index in [-0.39, 0.29) is 17.0 Å². The number of benzene rings is 1. The van der Waals surface area contributed by atoms with Gasteiger partial charge in [-0.1, -0.05) is 12.1 Å². The normalized spacial score (nSPS) is 16.0. The first-order valence-corrected chi connectivity index (χ1v) is 11.0. The number of amides is 1. The molecular formula is C18H29N5O4S. The zero-order chi connectivity index (χ0) is 20.6. The van der Waals surface area contributed by atoms with Crippen LogP contribution in [0.15, 0.2) is 34.2 Å². The molecule has 0 saturated carbocycles. The number of nitrogens with zero attached hydrogens (tertiary/aromatic N) is 2. The Kier molecular flexibility index (Phi) is 8.06. The SMILES string of the molecule is CCNC(=NCc1ccc(S(N)(=O)=O)cc1)NC1CCN(C(=O)OCC)CC1. The van der Waals surface area contributed by atoms with Crippen molar-refractivity contribution < 1.29 is 17.9 Å². The van der Waals surface area contributed by atoms with Crippen molar-refractivity contribution in [3.8, 4) is 0 Å². The van der Waals surface area contributed by atoms with Crippen molar-refractivity contribution in [3.63, 3.8) is 0 Å². The number of nitrogens with two attached hydrogens (primary N) is 1. The zero-order valence-electron chi connectivity index (χ0n) is 16.3. The highest BCUT2D eigenvalue weighted by Crippen LogP contribution is 2.12. The molecule has 0 radical (unpaired) electrons. The summed E-state index contributed by atoms with van der Waals surface area (Å²) < 4.78 is 27.7. The van der Waals surface area contributed by atoms with E-state index in [1.807, 2.05) is 6.92 Å². The molecule has 0 spiro atoms. The number of guanidine groups is 1. The molecule has 1 aliphatic rings. The Hall–Kier alpha value is -2.33. The molecule has 156 valence electrons. The minimum Gasteiger partial charge on any atom is -0.450 e. The number of carbonyl (C=O) groups is 1. The van der Waals surface area contributed by atoms with Crippen LogP contribution in [0.1, 0.15) is 32.3 Å². The molecule has 0 aliphatic carbocycles. The number of likely N-dealkylation sites (tertiary alicyclic amines) is 1. The van der Waals surface area contributed by atoms with Gasteiger partial charge in [-0.25, -0.2) is 23.3 Å². The standard InChI is InChI=1S/C18H29N5O4S/c1-3-20-17(21-13-14-5-7-16(8-6-14)28(19,25)26)22-15-9-11-23(12-10-15)18(24)27-4-2/h5-8,15H,3-4,9-13H2,1-2H3,(H2,19,25,26)(H2,20,21,22). The molecule has 0 atom stereocenters. The van der Waals surface area contributed by atoms with Crippen LogP contribution in [-0.2, 0) is 21.3 Å². The Morgan fingerprint density at radius 3 is 2.43 bits per heavy atom. The number of ether oxygens (including phenoxy) is 1. The molecule has 1 heterocycles. The molecule has 1 aliphatic heterocycles. The first kappa shape index (κ1) is 22.0. The fourth-order valence-electron chi connectivity index (χ4n) is 2.89. The highest BCUT2D eigenvalue weighted by Gasteiger charge is 2.24. The number of aliphatic imine (C=N–C) groups is 1. The van der Waals surface area contributed by atoms with Crippen LogP contribution in [0.2, 0.25) is 0 Å². The van der Waals surface area contributed by atoms with Crippen LogP contribution < -0.4 is 15.8 Å². The van der Waals surface area contributed by atoms with Crippen LogP contribution in [0.4, 0.5) is 4.79 Å². The molecule has 10 heteroatoms. The van der Waals surface area contributed by atoms with E-state index in [9.17, 15) is 13.2 Å². The van der Waals surface area contributed by atoms with Crippen molar-refractivity contribution in [1.29, 1.82) is 0 Å². The summed E-state index contributed by atoms with van der Waals surface area (Å²) in [7, 11) is -3.69. The van der Waals surface area contributed by atoms with E-state index in [4.69, 9.17) is 9.88 Å². The van der Waals surface area contributed by atoms with E-state index in [1.54, 1.807) is 24.0 Å². The van der Waals surface area contributed by atoms with E-state index < -0.39 is 10.0 Å². The maximum absolute atomic E-state index is 11.8. The van der Waals surface area contributed by atoms with Gasteiger partial charge in [0.15, 0.2) is 5.96 Å². The quantitative estimate of drug-likeness (QED) is 0.474. The maximum Gasteiger partial charge on any atom is 0.409 e. The Morgan fingerprint density at radius 1 is 1.25 bits per heavy atom. The van der Waals surface area contributed by atoms with E-state index in [0.29, 0.717) is 32.2 Å². The van der Waals surface area contributed by atoms with Gasteiger partial charge in [-0.2, -0.15) is 0 Å². The van der Waals surface area contributed by atoms with E-state index in [1.165, 1.54) is 12.1 Å². The summed E-state index contributed by atoms with van der Waals surface area (Å²) in [4.78, 5) is 18.1. The van der Waals surface area contributed by atoms with Gasteiger partial charge < -0.3 is 20.3 Å². The number of sulfonamides is 1. The Morgan fingerprint density at radius 2 is 1.89 bits per heavy atom. The van der Waals surface area contributed by atoms with Gasteiger partial charge in [0, 0.05) is 25.7 Å². The fraction of sp³-hybridized carbons (Fsp3) is 0.556. The molecule has 2 rings (SSSR count). The van der Waals surface area contributed by atoms with Gasteiger partial charge in [0.05, 0.1) is 18.0 Å². The summed E-state index contributed by atoms with van der Waals surface area (Å²) >= 11 is 0.